The van der Waals surface area contributed by atoms with Crippen molar-refractivity contribution in [3.8, 4) is 0 Å². The summed E-state index contributed by atoms with van der Waals surface area (Å²) in [6, 6.07) is 11.1. The van der Waals surface area contributed by atoms with E-state index in [0.717, 1.165) is 19.4 Å². The minimum Gasteiger partial charge on any atom is -0.313 e. The summed E-state index contributed by atoms with van der Waals surface area (Å²) >= 11 is 0. The van der Waals surface area contributed by atoms with Gasteiger partial charge in [-0.2, -0.15) is 5.10 Å². The van der Waals surface area contributed by atoms with Gasteiger partial charge in [-0.3, -0.25) is 4.68 Å². The van der Waals surface area contributed by atoms with Crippen LogP contribution >= 0.6 is 0 Å². The van der Waals surface area contributed by atoms with Gasteiger partial charge < -0.3 is 5.32 Å². The normalized spacial score (nSPS) is 12.5. The Morgan fingerprint density at radius 2 is 2.05 bits per heavy atom. The van der Waals surface area contributed by atoms with Crippen LogP contribution < -0.4 is 5.32 Å². The average molecular weight is 257 g/mol. The molecule has 1 aromatic carbocycles. The summed E-state index contributed by atoms with van der Waals surface area (Å²) < 4.78 is 1.98. The highest BCUT2D eigenvalue weighted by Gasteiger charge is 2.10. The van der Waals surface area contributed by atoms with E-state index in [4.69, 9.17) is 0 Å². The molecule has 102 valence electrons. The second-order valence-corrected chi connectivity index (χ2v) is 4.85. The Balaban J connectivity index is 1.86. The minimum atomic E-state index is 0.406. The highest BCUT2D eigenvalue weighted by atomic mass is 15.3. The van der Waals surface area contributed by atoms with Crippen LogP contribution in [0.2, 0.25) is 0 Å². The van der Waals surface area contributed by atoms with Crippen molar-refractivity contribution in [3.05, 3.63) is 53.9 Å². The van der Waals surface area contributed by atoms with Gasteiger partial charge in [-0.1, -0.05) is 30.3 Å². The smallest absolute Gasteiger partial charge is 0.0537 e. The van der Waals surface area contributed by atoms with Crippen molar-refractivity contribution in [1.82, 2.24) is 15.1 Å². The summed E-state index contributed by atoms with van der Waals surface area (Å²) in [5.41, 5.74) is 2.71. The molecule has 1 unspecified atom stereocenters. The van der Waals surface area contributed by atoms with Crippen LogP contribution in [0.1, 0.15) is 36.9 Å². The van der Waals surface area contributed by atoms with E-state index in [-0.39, 0.29) is 0 Å². The maximum absolute atomic E-state index is 4.35. The van der Waals surface area contributed by atoms with Crippen LogP contribution in [0.15, 0.2) is 42.7 Å². The van der Waals surface area contributed by atoms with Gasteiger partial charge in [0.15, 0.2) is 0 Å². The van der Waals surface area contributed by atoms with Crippen LogP contribution in [0.5, 0.6) is 0 Å². The molecule has 0 saturated heterocycles. The lowest BCUT2D eigenvalue weighted by molar-refractivity contribution is 0.526. The Labute approximate surface area is 115 Å². The van der Waals surface area contributed by atoms with Gasteiger partial charge in [-0.25, -0.2) is 0 Å². The molecule has 1 N–H and O–H groups in total. The van der Waals surface area contributed by atoms with E-state index in [1.165, 1.54) is 17.5 Å². The number of benzene rings is 1. The minimum absolute atomic E-state index is 0.406. The first kappa shape index (κ1) is 13.8. The van der Waals surface area contributed by atoms with Crippen molar-refractivity contribution in [2.45, 2.75) is 38.8 Å². The van der Waals surface area contributed by atoms with E-state index in [2.05, 4.69) is 53.9 Å². The molecule has 2 rings (SSSR count). The number of nitrogens with one attached hydrogen (secondary N) is 1. The third-order valence-corrected chi connectivity index (χ3v) is 3.53. The standard InChI is InChI=1S/C16H23N3/c1-3-19-13-15(12-18-19)16(17-2)11-7-10-14-8-5-4-6-9-14/h4-6,8-9,12-13,16-17H,3,7,10-11H2,1-2H3. The first-order valence-corrected chi connectivity index (χ1v) is 7.07. The molecule has 0 radical (unpaired) electrons. The molecule has 19 heavy (non-hydrogen) atoms. The third kappa shape index (κ3) is 3.93. The maximum Gasteiger partial charge on any atom is 0.0537 e. The van der Waals surface area contributed by atoms with Gasteiger partial charge in [-0.05, 0) is 38.8 Å². The number of nitrogens with zero attached hydrogens (tertiary/aromatic N) is 2. The van der Waals surface area contributed by atoms with Gasteiger partial charge in [0, 0.05) is 24.3 Å². The van der Waals surface area contributed by atoms with Gasteiger partial charge in [-0.15, -0.1) is 0 Å². The lowest BCUT2D eigenvalue weighted by Gasteiger charge is -2.14. The van der Waals surface area contributed by atoms with E-state index in [9.17, 15) is 0 Å². The highest BCUT2D eigenvalue weighted by molar-refractivity contribution is 5.15. The Morgan fingerprint density at radius 3 is 2.68 bits per heavy atom. The summed E-state index contributed by atoms with van der Waals surface area (Å²) in [4.78, 5) is 0. The van der Waals surface area contributed by atoms with E-state index in [1.54, 1.807) is 0 Å². The summed E-state index contributed by atoms with van der Waals surface area (Å²) in [5, 5.41) is 7.74. The SMILES string of the molecule is CCn1cc(C(CCCc2ccccc2)NC)cn1. The predicted octanol–water partition coefficient (Wildman–Crippen LogP) is 3.19. The van der Waals surface area contributed by atoms with Crippen LogP contribution in [0.4, 0.5) is 0 Å². The topological polar surface area (TPSA) is 29.9 Å². The van der Waals surface area contributed by atoms with Crippen LogP contribution in [-0.4, -0.2) is 16.8 Å². The van der Waals surface area contributed by atoms with E-state index in [1.807, 2.05) is 17.9 Å². The molecular weight excluding hydrogens is 234 g/mol. The molecule has 2 aromatic rings. The number of aromatic nitrogens is 2. The summed E-state index contributed by atoms with van der Waals surface area (Å²) in [6.07, 6.45) is 7.59. The number of hydrogen-bond donors (Lipinski definition) is 1. The van der Waals surface area contributed by atoms with Crippen molar-refractivity contribution in [2.24, 2.45) is 0 Å². The molecule has 3 heteroatoms. The van der Waals surface area contributed by atoms with Gasteiger partial charge in [0.1, 0.15) is 0 Å². The van der Waals surface area contributed by atoms with Crippen molar-refractivity contribution >= 4 is 0 Å². The van der Waals surface area contributed by atoms with Crippen LogP contribution in [0, 0.1) is 0 Å². The molecular formula is C16H23N3. The molecule has 0 amide bonds. The zero-order valence-corrected chi connectivity index (χ0v) is 11.8. The zero-order valence-electron chi connectivity index (χ0n) is 11.8. The quantitative estimate of drug-likeness (QED) is 0.825. The second kappa shape index (κ2) is 7.10. The molecule has 0 saturated carbocycles. The molecule has 0 aliphatic rings. The van der Waals surface area contributed by atoms with Crippen LogP contribution in [-0.2, 0) is 13.0 Å². The maximum atomic E-state index is 4.35. The highest BCUT2D eigenvalue weighted by Crippen LogP contribution is 2.18. The number of rotatable bonds is 7. The molecule has 1 atom stereocenters. The van der Waals surface area contributed by atoms with Gasteiger partial charge in [0.05, 0.1) is 6.20 Å². The second-order valence-electron chi connectivity index (χ2n) is 4.85. The van der Waals surface area contributed by atoms with Gasteiger partial charge in [0.25, 0.3) is 0 Å². The summed E-state index contributed by atoms with van der Waals surface area (Å²) in [6.45, 7) is 3.04. The van der Waals surface area contributed by atoms with Gasteiger partial charge >= 0.3 is 0 Å². The van der Waals surface area contributed by atoms with Crippen molar-refractivity contribution < 1.29 is 0 Å². The molecule has 1 heterocycles. The van der Waals surface area contributed by atoms with Crippen molar-refractivity contribution in [2.75, 3.05) is 7.05 Å². The fourth-order valence-electron chi connectivity index (χ4n) is 2.37. The van der Waals surface area contributed by atoms with E-state index >= 15 is 0 Å². The first-order valence-electron chi connectivity index (χ1n) is 7.07. The van der Waals surface area contributed by atoms with Crippen LogP contribution in [0.25, 0.3) is 0 Å². The Hall–Kier alpha value is -1.61. The van der Waals surface area contributed by atoms with Gasteiger partial charge in [0.2, 0.25) is 0 Å². The van der Waals surface area contributed by atoms with E-state index in [0.29, 0.717) is 6.04 Å². The zero-order chi connectivity index (χ0) is 13.5. The van der Waals surface area contributed by atoms with Crippen molar-refractivity contribution in [1.29, 1.82) is 0 Å². The fraction of sp³-hybridized carbons (Fsp3) is 0.438. The molecule has 0 bridgehead atoms. The fourth-order valence-corrected chi connectivity index (χ4v) is 2.37. The van der Waals surface area contributed by atoms with Crippen molar-refractivity contribution in [3.63, 3.8) is 0 Å². The number of aryl methyl sites for hydroxylation is 2. The molecule has 0 fully saturated rings. The lowest BCUT2D eigenvalue weighted by Crippen LogP contribution is -2.16. The summed E-state index contributed by atoms with van der Waals surface area (Å²) in [5.74, 6) is 0. The Bertz CT molecular complexity index is 476. The molecule has 3 nitrogen and oxygen atoms in total. The van der Waals surface area contributed by atoms with Crippen LogP contribution in [0.3, 0.4) is 0 Å². The monoisotopic (exact) mass is 257 g/mol. The van der Waals surface area contributed by atoms with E-state index < -0.39 is 0 Å². The predicted molar refractivity (Wildman–Crippen MR) is 79.1 cm³/mol. The third-order valence-electron chi connectivity index (χ3n) is 3.53. The first-order chi connectivity index (χ1) is 9.33. The molecule has 0 aliphatic carbocycles. The largest absolute Gasteiger partial charge is 0.313 e. The number of hydrogen-bond acceptors (Lipinski definition) is 2. The molecule has 1 aromatic heterocycles. The lowest BCUT2D eigenvalue weighted by atomic mass is 10.0. The molecule has 0 aliphatic heterocycles. The Morgan fingerprint density at radius 1 is 1.26 bits per heavy atom. The summed E-state index contributed by atoms with van der Waals surface area (Å²) in [7, 11) is 2.02. The average Bonchev–Trinajstić information content (AvgIpc) is 2.93. The molecule has 0 spiro atoms. The Kier molecular flexibility index (Phi) is 5.16.